The van der Waals surface area contributed by atoms with Gasteiger partial charge in [0.2, 0.25) is 5.78 Å². The summed E-state index contributed by atoms with van der Waals surface area (Å²) in [6, 6.07) is 21.7. The van der Waals surface area contributed by atoms with E-state index in [1.54, 1.807) is 12.1 Å². The van der Waals surface area contributed by atoms with E-state index in [9.17, 15) is 9.59 Å². The highest BCUT2D eigenvalue weighted by Crippen LogP contribution is 2.40. The van der Waals surface area contributed by atoms with Gasteiger partial charge in [-0.15, -0.1) is 0 Å². The van der Waals surface area contributed by atoms with E-state index in [-0.39, 0.29) is 17.2 Å². The minimum absolute atomic E-state index is 0.192. The highest BCUT2D eigenvalue weighted by Gasteiger charge is 2.35. The lowest BCUT2D eigenvalue weighted by Crippen LogP contribution is -2.21. The fourth-order valence-electron chi connectivity index (χ4n) is 5.14. The van der Waals surface area contributed by atoms with Crippen molar-refractivity contribution in [2.24, 2.45) is 0 Å². The van der Waals surface area contributed by atoms with Crippen LogP contribution in [-0.4, -0.2) is 15.3 Å². The van der Waals surface area contributed by atoms with E-state index in [1.807, 2.05) is 30.3 Å². The summed E-state index contributed by atoms with van der Waals surface area (Å²) in [6.45, 7) is 6.36. The smallest absolute Gasteiger partial charge is 0.266 e. The number of hydrogen-bond acceptors (Lipinski definition) is 3. The van der Waals surface area contributed by atoms with Crippen molar-refractivity contribution in [2.75, 3.05) is 0 Å². The Morgan fingerprint density at radius 1 is 0.750 bits per heavy atom. The summed E-state index contributed by atoms with van der Waals surface area (Å²) < 4.78 is 1.47. The third-order valence-corrected chi connectivity index (χ3v) is 6.41. The molecule has 4 heteroatoms. The van der Waals surface area contributed by atoms with Crippen molar-refractivity contribution in [2.45, 2.75) is 20.8 Å². The molecule has 2 aromatic carbocycles. The molecule has 0 spiro atoms. The van der Waals surface area contributed by atoms with Crippen LogP contribution in [-0.2, 0) is 0 Å². The van der Waals surface area contributed by atoms with E-state index in [0.29, 0.717) is 22.2 Å². The van der Waals surface area contributed by atoms with Gasteiger partial charge in [0, 0.05) is 0 Å². The van der Waals surface area contributed by atoms with Crippen LogP contribution in [0.1, 0.15) is 32.9 Å². The molecule has 0 saturated carbocycles. The van der Waals surface area contributed by atoms with Crippen LogP contribution in [0.3, 0.4) is 0 Å². The molecule has 0 N–H and O–H groups in total. The van der Waals surface area contributed by atoms with Crippen molar-refractivity contribution in [1.29, 1.82) is 0 Å². The fourth-order valence-corrected chi connectivity index (χ4v) is 5.14. The van der Waals surface area contributed by atoms with Gasteiger partial charge in [-0.25, -0.2) is 4.98 Å². The first-order valence-corrected chi connectivity index (χ1v) is 10.7. The number of aryl methyl sites for hydroxylation is 3. The number of carbonyl (C=O) groups is 1. The average molecular weight is 416 g/mol. The van der Waals surface area contributed by atoms with Gasteiger partial charge in [0.05, 0.1) is 22.2 Å². The monoisotopic (exact) mass is 416 g/mol. The van der Waals surface area contributed by atoms with Crippen LogP contribution >= 0.6 is 0 Å². The zero-order valence-electron chi connectivity index (χ0n) is 18.1. The summed E-state index contributed by atoms with van der Waals surface area (Å²) in [7, 11) is 0. The molecule has 2 aliphatic carbocycles. The Morgan fingerprint density at radius 2 is 1.44 bits per heavy atom. The van der Waals surface area contributed by atoms with Crippen LogP contribution in [0.4, 0.5) is 0 Å². The van der Waals surface area contributed by atoms with E-state index in [0.717, 1.165) is 16.7 Å². The topological polar surface area (TPSA) is 52.0 Å². The molecule has 0 saturated heterocycles. The van der Waals surface area contributed by atoms with E-state index >= 15 is 0 Å². The Bertz CT molecular complexity index is 1620. The van der Waals surface area contributed by atoms with Crippen LogP contribution in [0.15, 0.2) is 71.5 Å². The number of ketones is 1. The standard InChI is InChI=1S/C28H20N2O2/c1-15-12-16(2)24(17(3)13-15)18-8-9-19-14-23-25(20(19)11-10-18)26(31)27-29-22-7-5-4-6-21(22)28(32)30(23)27/h4-14H,1-3H3. The highest BCUT2D eigenvalue weighted by molar-refractivity contribution is 6.18. The van der Waals surface area contributed by atoms with E-state index < -0.39 is 0 Å². The number of hydrogen-bond donors (Lipinski definition) is 0. The van der Waals surface area contributed by atoms with Gasteiger partial charge in [0.25, 0.3) is 5.56 Å². The summed E-state index contributed by atoms with van der Waals surface area (Å²) in [6.07, 6.45) is 0. The largest absolute Gasteiger partial charge is 0.285 e. The number of nitrogens with zero attached hydrogens (tertiary/aromatic N) is 2. The van der Waals surface area contributed by atoms with E-state index in [2.05, 4.69) is 50.0 Å². The Labute approximate surface area is 185 Å². The third kappa shape index (κ3) is 2.47. The maximum absolute atomic E-state index is 13.3. The molecule has 154 valence electrons. The van der Waals surface area contributed by atoms with Crippen molar-refractivity contribution >= 4 is 16.7 Å². The molecule has 0 amide bonds. The third-order valence-electron chi connectivity index (χ3n) is 6.41. The fraction of sp³-hybridized carbons (Fsp3) is 0.107. The first-order chi connectivity index (χ1) is 15.4. The SMILES string of the molecule is Cc1cc(C)c(-c2ccc3cc4c(c-3cc2)C(=O)c2nc3ccccc3c(=O)n2-4)c(C)c1. The molecule has 0 atom stereocenters. The average Bonchev–Trinajstić information content (AvgIpc) is 3.15. The van der Waals surface area contributed by atoms with E-state index in [1.165, 1.54) is 26.8 Å². The first kappa shape index (κ1) is 18.7. The van der Waals surface area contributed by atoms with Gasteiger partial charge < -0.3 is 0 Å². The molecule has 0 unspecified atom stereocenters. The molecule has 0 fully saturated rings. The zero-order chi connectivity index (χ0) is 22.1. The summed E-state index contributed by atoms with van der Waals surface area (Å²) >= 11 is 0. The van der Waals surface area contributed by atoms with Crippen LogP contribution in [0, 0.1) is 20.8 Å². The normalized spacial score (nSPS) is 12.4. The minimum Gasteiger partial charge on any atom is -0.285 e. The van der Waals surface area contributed by atoms with Gasteiger partial charge in [-0.3, -0.25) is 14.2 Å². The molecule has 1 aliphatic heterocycles. The number of benzene rings is 2. The lowest BCUT2D eigenvalue weighted by molar-refractivity contribution is 0.103. The summed E-state index contributed by atoms with van der Waals surface area (Å²) in [5.74, 6) is -0.00847. The van der Waals surface area contributed by atoms with Crippen LogP contribution in [0.2, 0.25) is 0 Å². The second kappa shape index (κ2) is 6.47. The van der Waals surface area contributed by atoms with Gasteiger partial charge in [-0.05, 0) is 72.4 Å². The molecule has 2 heterocycles. The maximum atomic E-state index is 13.3. The summed E-state index contributed by atoms with van der Waals surface area (Å²) in [5, 5.41) is 0.514. The van der Waals surface area contributed by atoms with Crippen molar-refractivity contribution in [3.63, 3.8) is 0 Å². The lowest BCUT2D eigenvalue weighted by atomic mass is 9.95. The predicted octanol–water partition coefficient (Wildman–Crippen LogP) is 5.63. The molecule has 1 aromatic heterocycles. The highest BCUT2D eigenvalue weighted by atomic mass is 16.1. The quantitative estimate of drug-likeness (QED) is 0.349. The number of rotatable bonds is 1. The predicted molar refractivity (Wildman–Crippen MR) is 127 cm³/mol. The van der Waals surface area contributed by atoms with Crippen molar-refractivity contribution in [1.82, 2.24) is 9.55 Å². The molecule has 6 rings (SSSR count). The van der Waals surface area contributed by atoms with Crippen molar-refractivity contribution in [3.8, 4) is 27.9 Å². The Morgan fingerprint density at radius 3 is 2.22 bits per heavy atom. The minimum atomic E-state index is -0.205. The Kier molecular flexibility index (Phi) is 3.78. The molecule has 3 aliphatic rings. The van der Waals surface area contributed by atoms with Gasteiger partial charge in [0.1, 0.15) is 0 Å². The van der Waals surface area contributed by atoms with E-state index in [4.69, 9.17) is 0 Å². The van der Waals surface area contributed by atoms with Gasteiger partial charge in [-0.1, -0.05) is 54.1 Å². The van der Waals surface area contributed by atoms with Gasteiger partial charge in [0.15, 0.2) is 5.82 Å². The molecule has 4 nitrogen and oxygen atoms in total. The maximum Gasteiger partial charge on any atom is 0.266 e. The van der Waals surface area contributed by atoms with Crippen molar-refractivity contribution in [3.05, 3.63) is 105 Å². The summed E-state index contributed by atoms with van der Waals surface area (Å²) in [5.41, 5.74) is 9.31. The molecule has 32 heavy (non-hydrogen) atoms. The molecular formula is C28H20N2O2. The molecule has 3 aromatic rings. The van der Waals surface area contributed by atoms with Crippen LogP contribution in [0.25, 0.3) is 38.8 Å². The van der Waals surface area contributed by atoms with Crippen LogP contribution < -0.4 is 5.56 Å². The van der Waals surface area contributed by atoms with Gasteiger partial charge in [-0.2, -0.15) is 0 Å². The van der Waals surface area contributed by atoms with Crippen LogP contribution in [0.5, 0.6) is 0 Å². The number of fused-ring (bicyclic) bond motifs is 6. The number of aromatic nitrogens is 2. The zero-order valence-corrected chi connectivity index (χ0v) is 18.1. The Balaban J connectivity index is 1.59. The Hall–Kier alpha value is -4.05. The molecular weight excluding hydrogens is 396 g/mol. The molecule has 0 bridgehead atoms. The van der Waals surface area contributed by atoms with Gasteiger partial charge >= 0.3 is 0 Å². The first-order valence-electron chi connectivity index (χ1n) is 10.7. The summed E-state index contributed by atoms with van der Waals surface area (Å²) in [4.78, 5) is 31.0. The second-order valence-electron chi connectivity index (χ2n) is 8.59. The molecule has 0 radical (unpaired) electrons. The number of carbonyl (C=O) groups excluding carboxylic acids is 1. The lowest BCUT2D eigenvalue weighted by Gasteiger charge is -2.10. The number of para-hydroxylation sites is 1. The second-order valence-corrected chi connectivity index (χ2v) is 8.59. The van der Waals surface area contributed by atoms with Crippen molar-refractivity contribution < 1.29 is 4.79 Å².